The number of unbranched alkanes of at least 4 members (excludes halogenated alkanes) is 1. The van der Waals surface area contributed by atoms with Crippen molar-refractivity contribution in [2.75, 3.05) is 0 Å². The van der Waals surface area contributed by atoms with Gasteiger partial charge >= 0.3 is 11.9 Å². The van der Waals surface area contributed by atoms with Crippen LogP contribution in [0, 0.1) is 0 Å². The number of ether oxygens (including phenoxy) is 1. The molecule has 0 fully saturated rings. The minimum Gasteiger partial charge on any atom is -0.481 e. The third kappa shape index (κ3) is 7.25. The van der Waals surface area contributed by atoms with Crippen LogP contribution in [0.2, 0.25) is 0 Å². The smallest absolute Gasteiger partial charge is 0.338 e. The summed E-state index contributed by atoms with van der Waals surface area (Å²) in [5, 5.41) is 8.38. The highest BCUT2D eigenvalue weighted by molar-refractivity contribution is 5.93. The lowest BCUT2D eigenvalue weighted by atomic mass is 10.2. The van der Waals surface area contributed by atoms with Gasteiger partial charge in [0.1, 0.15) is 0 Å². The summed E-state index contributed by atoms with van der Waals surface area (Å²) in [5.41, 5.74) is -0.0733. The van der Waals surface area contributed by atoms with Crippen LogP contribution in [0.3, 0.4) is 0 Å². The van der Waals surface area contributed by atoms with Crippen molar-refractivity contribution in [3.63, 3.8) is 0 Å². The van der Waals surface area contributed by atoms with Gasteiger partial charge in [0, 0.05) is 5.57 Å². The summed E-state index contributed by atoms with van der Waals surface area (Å²) in [6.45, 7) is 6.84. The van der Waals surface area contributed by atoms with E-state index < -0.39 is 18.4 Å². The fourth-order valence-electron chi connectivity index (χ4n) is 0.730. The SMILES string of the molecule is C=CCCC=COC(=O)C(=C)CC(=O)O. The molecule has 0 saturated carbocycles. The Morgan fingerprint density at radius 2 is 2.00 bits per heavy atom. The van der Waals surface area contributed by atoms with Crippen LogP contribution >= 0.6 is 0 Å². The quantitative estimate of drug-likeness (QED) is 0.229. The van der Waals surface area contributed by atoms with Gasteiger partial charge in [-0.25, -0.2) is 4.79 Å². The molecule has 15 heavy (non-hydrogen) atoms. The van der Waals surface area contributed by atoms with Crippen LogP contribution < -0.4 is 0 Å². The normalized spacial score (nSPS) is 9.87. The summed E-state index contributed by atoms with van der Waals surface area (Å²) in [5.74, 6) is -1.82. The highest BCUT2D eigenvalue weighted by Crippen LogP contribution is 2.01. The third-order valence-corrected chi connectivity index (χ3v) is 1.46. The highest BCUT2D eigenvalue weighted by Gasteiger charge is 2.10. The number of hydrogen-bond donors (Lipinski definition) is 1. The minimum atomic E-state index is -1.10. The molecule has 4 nitrogen and oxygen atoms in total. The largest absolute Gasteiger partial charge is 0.481 e. The van der Waals surface area contributed by atoms with E-state index in [-0.39, 0.29) is 5.57 Å². The van der Waals surface area contributed by atoms with Crippen LogP contribution in [0.1, 0.15) is 19.3 Å². The van der Waals surface area contributed by atoms with Gasteiger partial charge < -0.3 is 9.84 Å². The predicted molar refractivity (Wildman–Crippen MR) is 56.1 cm³/mol. The Labute approximate surface area is 88.6 Å². The van der Waals surface area contributed by atoms with E-state index in [0.29, 0.717) is 0 Å². The number of aliphatic carboxylic acids is 1. The van der Waals surface area contributed by atoms with Gasteiger partial charge in [0.15, 0.2) is 0 Å². The van der Waals surface area contributed by atoms with Crippen molar-refractivity contribution in [2.45, 2.75) is 19.3 Å². The molecule has 0 amide bonds. The van der Waals surface area contributed by atoms with Gasteiger partial charge in [-0.15, -0.1) is 6.58 Å². The van der Waals surface area contributed by atoms with Crippen LogP contribution in [0.5, 0.6) is 0 Å². The van der Waals surface area contributed by atoms with E-state index in [0.717, 1.165) is 12.8 Å². The molecule has 0 radical (unpaired) electrons. The fourth-order valence-corrected chi connectivity index (χ4v) is 0.730. The second-order valence-corrected chi connectivity index (χ2v) is 2.82. The molecule has 0 spiro atoms. The Morgan fingerprint density at radius 3 is 2.53 bits per heavy atom. The molecule has 0 saturated heterocycles. The summed E-state index contributed by atoms with van der Waals surface area (Å²) in [6.07, 6.45) is 5.76. The van der Waals surface area contributed by atoms with E-state index in [9.17, 15) is 9.59 Å². The van der Waals surface area contributed by atoms with Crippen molar-refractivity contribution < 1.29 is 19.4 Å². The van der Waals surface area contributed by atoms with Gasteiger partial charge in [0.05, 0.1) is 12.7 Å². The third-order valence-electron chi connectivity index (χ3n) is 1.46. The average molecular weight is 210 g/mol. The van der Waals surface area contributed by atoms with Crippen LogP contribution in [0.15, 0.2) is 37.1 Å². The molecular weight excluding hydrogens is 196 g/mol. The number of esters is 1. The summed E-state index contributed by atoms with van der Waals surface area (Å²) in [4.78, 5) is 21.3. The Balaban J connectivity index is 3.82. The molecule has 0 unspecified atom stereocenters. The molecule has 82 valence electrons. The number of carbonyl (C=O) groups excluding carboxylic acids is 1. The van der Waals surface area contributed by atoms with Gasteiger partial charge in [0.2, 0.25) is 0 Å². The van der Waals surface area contributed by atoms with Gasteiger partial charge in [-0.2, -0.15) is 0 Å². The summed E-state index contributed by atoms with van der Waals surface area (Å²) in [6, 6.07) is 0. The average Bonchev–Trinajstić information content (AvgIpc) is 2.16. The Kier molecular flexibility index (Phi) is 6.63. The minimum absolute atomic E-state index is 0.0733. The van der Waals surface area contributed by atoms with Crippen molar-refractivity contribution in [1.82, 2.24) is 0 Å². The molecule has 0 aromatic carbocycles. The molecule has 0 atom stereocenters. The predicted octanol–water partition coefficient (Wildman–Crippen LogP) is 2.04. The lowest BCUT2D eigenvalue weighted by molar-refractivity contribution is -0.140. The first-order valence-corrected chi connectivity index (χ1v) is 4.44. The first kappa shape index (κ1) is 13.2. The van der Waals surface area contributed by atoms with E-state index in [2.05, 4.69) is 17.9 Å². The Bertz CT molecular complexity index is 289. The van der Waals surface area contributed by atoms with Crippen LogP contribution in [-0.4, -0.2) is 17.0 Å². The van der Waals surface area contributed by atoms with Crippen LogP contribution in [-0.2, 0) is 14.3 Å². The van der Waals surface area contributed by atoms with Gasteiger partial charge in [-0.3, -0.25) is 4.79 Å². The lowest BCUT2D eigenvalue weighted by Crippen LogP contribution is -2.07. The lowest BCUT2D eigenvalue weighted by Gasteiger charge is -1.99. The topological polar surface area (TPSA) is 63.6 Å². The van der Waals surface area contributed by atoms with E-state index in [1.807, 2.05) is 0 Å². The molecule has 0 aromatic heterocycles. The van der Waals surface area contributed by atoms with Crippen LogP contribution in [0.25, 0.3) is 0 Å². The molecule has 1 N–H and O–H groups in total. The molecular formula is C11H14O4. The van der Waals surface area contributed by atoms with E-state index in [4.69, 9.17) is 5.11 Å². The number of carboxylic acids is 1. The van der Waals surface area contributed by atoms with E-state index in [1.54, 1.807) is 12.2 Å². The second kappa shape index (κ2) is 7.55. The number of hydrogen-bond acceptors (Lipinski definition) is 3. The zero-order valence-corrected chi connectivity index (χ0v) is 8.44. The van der Waals surface area contributed by atoms with Crippen LogP contribution in [0.4, 0.5) is 0 Å². The second-order valence-electron chi connectivity index (χ2n) is 2.82. The molecule has 0 aliphatic carbocycles. The van der Waals surface area contributed by atoms with Crippen molar-refractivity contribution in [2.24, 2.45) is 0 Å². The maximum atomic E-state index is 11.1. The molecule has 0 aliphatic heterocycles. The molecule has 4 heteroatoms. The highest BCUT2D eigenvalue weighted by atomic mass is 16.5. The summed E-state index contributed by atoms with van der Waals surface area (Å²) in [7, 11) is 0. The number of rotatable bonds is 7. The number of carbonyl (C=O) groups is 2. The zero-order valence-electron chi connectivity index (χ0n) is 8.44. The Hall–Kier alpha value is -1.84. The van der Waals surface area contributed by atoms with Gasteiger partial charge in [0.25, 0.3) is 0 Å². The standard InChI is InChI=1S/C11H14O4/c1-3-4-5-6-7-15-11(14)9(2)8-10(12)13/h3,6-7H,1-2,4-5,8H2,(H,12,13). The van der Waals surface area contributed by atoms with Crippen molar-refractivity contribution in [3.05, 3.63) is 37.1 Å². The zero-order chi connectivity index (χ0) is 11.7. The molecule has 0 bridgehead atoms. The first-order chi connectivity index (χ1) is 7.07. The Morgan fingerprint density at radius 1 is 1.33 bits per heavy atom. The molecule has 0 rings (SSSR count). The molecule has 0 aromatic rings. The van der Waals surface area contributed by atoms with Gasteiger partial charge in [-0.1, -0.05) is 12.7 Å². The van der Waals surface area contributed by atoms with E-state index >= 15 is 0 Å². The van der Waals surface area contributed by atoms with Gasteiger partial charge in [-0.05, 0) is 18.9 Å². The summed E-state index contributed by atoms with van der Waals surface area (Å²) >= 11 is 0. The number of allylic oxidation sites excluding steroid dienone is 2. The first-order valence-electron chi connectivity index (χ1n) is 4.44. The van der Waals surface area contributed by atoms with Crippen molar-refractivity contribution >= 4 is 11.9 Å². The molecule has 0 heterocycles. The number of carboxylic acid groups (broad SMARTS) is 1. The molecule has 0 aliphatic rings. The van der Waals surface area contributed by atoms with Crippen molar-refractivity contribution in [3.8, 4) is 0 Å². The maximum Gasteiger partial charge on any atom is 0.338 e. The summed E-state index contributed by atoms with van der Waals surface area (Å²) < 4.78 is 4.63. The monoisotopic (exact) mass is 210 g/mol. The fraction of sp³-hybridized carbons (Fsp3) is 0.273. The van der Waals surface area contributed by atoms with E-state index in [1.165, 1.54) is 6.26 Å². The van der Waals surface area contributed by atoms with Crippen molar-refractivity contribution in [1.29, 1.82) is 0 Å². The maximum absolute atomic E-state index is 11.1.